The van der Waals surface area contributed by atoms with Gasteiger partial charge in [-0.3, -0.25) is 9.89 Å². The second-order valence-electron chi connectivity index (χ2n) is 9.56. The van der Waals surface area contributed by atoms with Crippen molar-refractivity contribution < 1.29 is 0 Å². The van der Waals surface area contributed by atoms with Crippen molar-refractivity contribution in [3.63, 3.8) is 0 Å². The molecule has 1 fully saturated rings. The lowest BCUT2D eigenvalue weighted by Crippen LogP contribution is -2.46. The minimum atomic E-state index is 0.634. The highest BCUT2D eigenvalue weighted by atomic mass is 15.3. The summed E-state index contributed by atoms with van der Waals surface area (Å²) in [7, 11) is 0. The second-order valence-corrected chi connectivity index (χ2v) is 9.56. The number of piperazine rings is 1. The summed E-state index contributed by atoms with van der Waals surface area (Å²) in [5, 5.41) is 13.4. The SMILES string of the molecule is N#Cc1c(-c2ccccc2)cn(Cc2ccccc2)c1NC=NCCCN1CCN(c2ccccc2)CC1. The van der Waals surface area contributed by atoms with Crippen LogP contribution in [0.4, 0.5) is 11.5 Å². The van der Waals surface area contributed by atoms with E-state index in [9.17, 15) is 5.26 Å². The van der Waals surface area contributed by atoms with Crippen molar-refractivity contribution in [2.75, 3.05) is 49.5 Å². The third kappa shape index (κ3) is 6.31. The first-order valence-corrected chi connectivity index (χ1v) is 13.3. The fourth-order valence-corrected chi connectivity index (χ4v) is 4.99. The molecule has 0 bridgehead atoms. The highest BCUT2D eigenvalue weighted by Gasteiger charge is 2.18. The van der Waals surface area contributed by atoms with E-state index < -0.39 is 0 Å². The Morgan fingerprint density at radius 2 is 1.50 bits per heavy atom. The lowest BCUT2D eigenvalue weighted by Gasteiger charge is -2.36. The monoisotopic (exact) mass is 502 g/mol. The third-order valence-corrected chi connectivity index (χ3v) is 7.02. The smallest absolute Gasteiger partial charge is 0.130 e. The maximum absolute atomic E-state index is 10.1. The predicted molar refractivity (Wildman–Crippen MR) is 157 cm³/mol. The average molecular weight is 503 g/mol. The molecule has 0 atom stereocenters. The normalized spacial score (nSPS) is 14.0. The number of para-hydroxylation sites is 1. The maximum atomic E-state index is 10.1. The quantitative estimate of drug-likeness (QED) is 0.171. The summed E-state index contributed by atoms with van der Waals surface area (Å²) in [5.74, 6) is 0.774. The Kier molecular flexibility index (Phi) is 8.50. The van der Waals surface area contributed by atoms with Gasteiger partial charge in [-0.05, 0) is 29.7 Å². The molecule has 1 aliphatic rings. The van der Waals surface area contributed by atoms with Crippen molar-refractivity contribution in [2.45, 2.75) is 13.0 Å². The molecule has 6 nitrogen and oxygen atoms in total. The fourth-order valence-electron chi connectivity index (χ4n) is 4.99. The van der Waals surface area contributed by atoms with Crippen LogP contribution in [-0.4, -0.2) is 55.1 Å². The zero-order valence-corrected chi connectivity index (χ0v) is 21.7. The van der Waals surface area contributed by atoms with E-state index >= 15 is 0 Å². The lowest BCUT2D eigenvalue weighted by molar-refractivity contribution is 0.256. The molecule has 0 unspecified atom stereocenters. The van der Waals surface area contributed by atoms with Gasteiger partial charge in [0, 0.05) is 63.3 Å². The standard InChI is InChI=1S/C32H34N6/c33-23-30-31(28-13-6-2-7-14-28)25-38(24-27-11-4-1-5-12-27)32(30)35-26-34-17-10-18-36-19-21-37(22-20-36)29-15-8-3-9-16-29/h1-9,11-16,25-26H,10,17-22,24H2,(H,34,35). The third-order valence-electron chi connectivity index (χ3n) is 7.02. The van der Waals surface area contributed by atoms with Gasteiger partial charge in [0.15, 0.2) is 0 Å². The first-order valence-electron chi connectivity index (χ1n) is 13.3. The summed E-state index contributed by atoms with van der Waals surface area (Å²) in [5.41, 5.74) is 5.08. The molecule has 0 aliphatic carbocycles. The van der Waals surface area contributed by atoms with Gasteiger partial charge in [0.2, 0.25) is 0 Å². The summed E-state index contributed by atoms with van der Waals surface area (Å²) in [6.45, 7) is 6.76. The Hall–Kier alpha value is -4.34. The molecule has 0 spiro atoms. The van der Waals surface area contributed by atoms with Gasteiger partial charge >= 0.3 is 0 Å². The number of hydrogen-bond donors (Lipinski definition) is 1. The Bertz CT molecular complexity index is 1350. The molecule has 0 radical (unpaired) electrons. The van der Waals surface area contributed by atoms with Crippen molar-refractivity contribution in [2.24, 2.45) is 4.99 Å². The van der Waals surface area contributed by atoms with Crippen molar-refractivity contribution >= 4 is 17.8 Å². The van der Waals surface area contributed by atoms with Crippen molar-refractivity contribution in [1.82, 2.24) is 9.47 Å². The molecule has 3 aromatic carbocycles. The number of nitrogens with one attached hydrogen (secondary N) is 1. The van der Waals surface area contributed by atoms with Gasteiger partial charge < -0.3 is 14.8 Å². The van der Waals surface area contributed by atoms with Crippen molar-refractivity contribution in [3.8, 4) is 17.2 Å². The van der Waals surface area contributed by atoms with E-state index in [1.807, 2.05) is 48.5 Å². The average Bonchev–Trinajstić information content (AvgIpc) is 3.33. The molecule has 4 aromatic rings. The molecule has 1 aliphatic heterocycles. The van der Waals surface area contributed by atoms with Crippen LogP contribution in [0.2, 0.25) is 0 Å². The van der Waals surface area contributed by atoms with Crippen molar-refractivity contribution in [1.29, 1.82) is 5.26 Å². The highest BCUT2D eigenvalue weighted by molar-refractivity contribution is 5.84. The predicted octanol–water partition coefficient (Wildman–Crippen LogP) is 5.73. The van der Waals surface area contributed by atoms with Gasteiger partial charge in [-0.25, -0.2) is 0 Å². The number of rotatable bonds is 10. The second kappa shape index (κ2) is 12.8. The summed E-state index contributed by atoms with van der Waals surface area (Å²) in [4.78, 5) is 9.60. The molecule has 0 amide bonds. The first-order chi connectivity index (χ1) is 18.8. The van der Waals surface area contributed by atoms with Crippen LogP contribution in [0.15, 0.2) is 102 Å². The number of nitriles is 1. The molecular weight excluding hydrogens is 468 g/mol. The molecule has 38 heavy (non-hydrogen) atoms. The maximum Gasteiger partial charge on any atom is 0.130 e. The van der Waals surface area contributed by atoms with Gasteiger partial charge in [0.25, 0.3) is 0 Å². The molecule has 192 valence electrons. The first kappa shape index (κ1) is 25.3. The van der Waals surface area contributed by atoms with Crippen LogP contribution in [0.3, 0.4) is 0 Å². The van der Waals surface area contributed by atoms with Crippen LogP contribution in [0.25, 0.3) is 11.1 Å². The number of hydrogen-bond acceptors (Lipinski definition) is 4. The number of benzene rings is 3. The molecule has 2 heterocycles. The van der Waals surface area contributed by atoms with E-state index in [4.69, 9.17) is 0 Å². The van der Waals surface area contributed by atoms with Crippen molar-refractivity contribution in [3.05, 3.63) is 108 Å². The van der Waals surface area contributed by atoms with Gasteiger partial charge in [-0.15, -0.1) is 0 Å². The van der Waals surface area contributed by atoms with E-state index in [-0.39, 0.29) is 0 Å². The zero-order valence-electron chi connectivity index (χ0n) is 21.7. The van der Waals surface area contributed by atoms with E-state index in [2.05, 4.69) is 79.4 Å². The molecule has 0 saturated carbocycles. The molecule has 5 rings (SSSR count). The number of aliphatic imine (C=N–C) groups is 1. The summed E-state index contributed by atoms with van der Waals surface area (Å²) >= 11 is 0. The molecule has 1 aromatic heterocycles. The number of anilines is 2. The van der Waals surface area contributed by atoms with Crippen LogP contribution >= 0.6 is 0 Å². The summed E-state index contributed by atoms with van der Waals surface area (Å²) in [6.07, 6.45) is 4.82. The van der Waals surface area contributed by atoms with Gasteiger partial charge in [-0.1, -0.05) is 78.9 Å². The van der Waals surface area contributed by atoms with E-state index in [1.165, 1.54) is 11.3 Å². The van der Waals surface area contributed by atoms with E-state index in [0.717, 1.165) is 62.6 Å². The molecule has 1 N–H and O–H groups in total. The Morgan fingerprint density at radius 3 is 2.18 bits per heavy atom. The highest BCUT2D eigenvalue weighted by Crippen LogP contribution is 2.31. The van der Waals surface area contributed by atoms with Crippen LogP contribution in [-0.2, 0) is 6.54 Å². The van der Waals surface area contributed by atoms with Crippen LogP contribution < -0.4 is 10.2 Å². The van der Waals surface area contributed by atoms with Crippen LogP contribution in [0.1, 0.15) is 17.5 Å². The zero-order chi connectivity index (χ0) is 26.0. The van der Waals surface area contributed by atoms with Gasteiger partial charge in [-0.2, -0.15) is 5.26 Å². The Labute approximate surface area is 225 Å². The van der Waals surface area contributed by atoms with Gasteiger partial charge in [0.05, 0.1) is 6.34 Å². The summed E-state index contributed by atoms with van der Waals surface area (Å²) in [6, 6.07) is 33.5. The molecule has 6 heteroatoms. The van der Waals surface area contributed by atoms with E-state index in [0.29, 0.717) is 12.1 Å². The van der Waals surface area contributed by atoms with Crippen LogP contribution in [0.5, 0.6) is 0 Å². The lowest BCUT2D eigenvalue weighted by atomic mass is 10.1. The molecule has 1 saturated heterocycles. The number of nitrogens with zero attached hydrogens (tertiary/aromatic N) is 5. The summed E-state index contributed by atoms with van der Waals surface area (Å²) < 4.78 is 2.11. The van der Waals surface area contributed by atoms with Crippen LogP contribution in [0, 0.1) is 11.3 Å². The minimum Gasteiger partial charge on any atom is -0.369 e. The topological polar surface area (TPSA) is 59.6 Å². The number of aromatic nitrogens is 1. The van der Waals surface area contributed by atoms with E-state index in [1.54, 1.807) is 6.34 Å². The Balaban J connectivity index is 1.18. The molecular formula is C32H34N6. The fraction of sp³-hybridized carbons (Fsp3) is 0.250. The largest absolute Gasteiger partial charge is 0.369 e. The Morgan fingerprint density at radius 1 is 0.842 bits per heavy atom. The van der Waals surface area contributed by atoms with Gasteiger partial charge in [0.1, 0.15) is 17.5 Å². The minimum absolute atomic E-state index is 0.634.